The first kappa shape index (κ1) is 19.4. The van der Waals surface area contributed by atoms with Gasteiger partial charge in [-0.2, -0.15) is 5.90 Å². The highest BCUT2D eigenvalue weighted by molar-refractivity contribution is 5.68. The summed E-state index contributed by atoms with van der Waals surface area (Å²) in [5, 5.41) is 0. The lowest BCUT2D eigenvalue weighted by Crippen LogP contribution is -2.08. The monoisotopic (exact) mass is 285 g/mol. The van der Waals surface area contributed by atoms with E-state index in [1.54, 1.807) is 0 Å². The van der Waals surface area contributed by atoms with Crippen LogP contribution in [0.15, 0.2) is 0 Å². The molecular formula is C17H35NO2. The summed E-state index contributed by atoms with van der Waals surface area (Å²) < 4.78 is 0. The predicted octanol–water partition coefficient (Wildman–Crippen LogP) is 5.27. The van der Waals surface area contributed by atoms with Crippen LogP contribution in [0.2, 0.25) is 0 Å². The lowest BCUT2D eigenvalue weighted by Gasteiger charge is -2.03. The first-order valence-electron chi connectivity index (χ1n) is 8.70. The molecule has 0 heterocycles. The Hall–Kier alpha value is -0.570. The van der Waals surface area contributed by atoms with E-state index < -0.39 is 0 Å². The highest BCUT2D eigenvalue weighted by atomic mass is 16.7. The number of nitrogens with two attached hydrogens (primary N) is 1. The molecule has 0 bridgehead atoms. The van der Waals surface area contributed by atoms with Gasteiger partial charge in [-0.1, -0.05) is 90.4 Å². The molecule has 0 fully saturated rings. The summed E-state index contributed by atoms with van der Waals surface area (Å²) in [5.74, 6) is 4.49. The number of carbonyl (C=O) groups excluding carboxylic acids is 1. The van der Waals surface area contributed by atoms with E-state index in [-0.39, 0.29) is 5.97 Å². The van der Waals surface area contributed by atoms with Gasteiger partial charge in [-0.15, -0.1) is 0 Å². The van der Waals surface area contributed by atoms with Gasteiger partial charge in [-0.3, -0.25) is 4.79 Å². The van der Waals surface area contributed by atoms with Crippen molar-refractivity contribution in [3.8, 4) is 0 Å². The summed E-state index contributed by atoms with van der Waals surface area (Å²) in [5.41, 5.74) is 0. The van der Waals surface area contributed by atoms with E-state index >= 15 is 0 Å². The SMILES string of the molecule is CCCCCCCCCCCCCCCCC(=O)ON. The van der Waals surface area contributed by atoms with Gasteiger partial charge in [0.15, 0.2) is 0 Å². The molecule has 0 aliphatic rings. The Labute approximate surface area is 125 Å². The molecule has 0 radical (unpaired) electrons. The Kier molecular flexibility index (Phi) is 16.0. The van der Waals surface area contributed by atoms with Crippen LogP contribution in [0.5, 0.6) is 0 Å². The van der Waals surface area contributed by atoms with Crippen LogP contribution < -0.4 is 5.90 Å². The Morgan fingerprint density at radius 1 is 0.700 bits per heavy atom. The molecule has 2 N–H and O–H groups in total. The Balaban J connectivity index is 2.97. The van der Waals surface area contributed by atoms with E-state index in [1.165, 1.54) is 77.0 Å². The quantitative estimate of drug-likeness (QED) is 0.329. The van der Waals surface area contributed by atoms with Crippen LogP contribution in [0.1, 0.15) is 103 Å². The van der Waals surface area contributed by atoms with Gasteiger partial charge in [-0.05, 0) is 6.42 Å². The first-order valence-corrected chi connectivity index (χ1v) is 8.70. The molecule has 0 saturated carbocycles. The fourth-order valence-corrected chi connectivity index (χ4v) is 2.52. The van der Waals surface area contributed by atoms with E-state index in [0.717, 1.165) is 12.8 Å². The lowest BCUT2D eigenvalue weighted by atomic mass is 10.0. The van der Waals surface area contributed by atoms with Crippen LogP contribution in [-0.2, 0) is 9.63 Å². The van der Waals surface area contributed by atoms with Gasteiger partial charge in [0.1, 0.15) is 0 Å². The van der Waals surface area contributed by atoms with Gasteiger partial charge in [0.2, 0.25) is 0 Å². The third-order valence-electron chi connectivity index (χ3n) is 3.87. The molecule has 20 heavy (non-hydrogen) atoms. The molecule has 0 aliphatic heterocycles. The van der Waals surface area contributed by atoms with Crippen molar-refractivity contribution in [2.75, 3.05) is 0 Å². The fraction of sp³-hybridized carbons (Fsp3) is 0.941. The molecular weight excluding hydrogens is 250 g/mol. The van der Waals surface area contributed by atoms with Crippen LogP contribution in [0.3, 0.4) is 0 Å². The van der Waals surface area contributed by atoms with Crippen LogP contribution in [-0.4, -0.2) is 5.97 Å². The highest BCUT2D eigenvalue weighted by Crippen LogP contribution is 2.13. The highest BCUT2D eigenvalue weighted by Gasteiger charge is 1.99. The zero-order valence-electron chi connectivity index (χ0n) is 13.5. The van der Waals surface area contributed by atoms with Crippen molar-refractivity contribution in [3.63, 3.8) is 0 Å². The van der Waals surface area contributed by atoms with E-state index in [1.807, 2.05) is 0 Å². The van der Waals surface area contributed by atoms with Crippen molar-refractivity contribution in [2.45, 2.75) is 103 Å². The van der Waals surface area contributed by atoms with E-state index in [0.29, 0.717) is 6.42 Å². The third-order valence-corrected chi connectivity index (χ3v) is 3.87. The number of rotatable bonds is 15. The molecule has 0 amide bonds. The second kappa shape index (κ2) is 16.5. The van der Waals surface area contributed by atoms with Crippen molar-refractivity contribution in [3.05, 3.63) is 0 Å². The maximum Gasteiger partial charge on any atom is 0.324 e. The smallest absolute Gasteiger partial charge is 0.324 e. The van der Waals surface area contributed by atoms with Crippen molar-refractivity contribution in [1.82, 2.24) is 0 Å². The fourth-order valence-electron chi connectivity index (χ4n) is 2.52. The normalized spacial score (nSPS) is 10.7. The maximum absolute atomic E-state index is 10.8. The summed E-state index contributed by atoms with van der Waals surface area (Å²) in [6.45, 7) is 2.27. The van der Waals surface area contributed by atoms with Gasteiger partial charge in [0.25, 0.3) is 0 Å². The molecule has 0 aromatic rings. The van der Waals surface area contributed by atoms with E-state index in [9.17, 15) is 4.79 Å². The third kappa shape index (κ3) is 15.5. The number of carbonyl (C=O) groups is 1. The molecule has 3 heteroatoms. The van der Waals surface area contributed by atoms with Gasteiger partial charge in [-0.25, -0.2) is 0 Å². The topological polar surface area (TPSA) is 52.3 Å². The molecule has 0 rings (SSSR count). The molecule has 0 atom stereocenters. The van der Waals surface area contributed by atoms with Gasteiger partial charge in [0.05, 0.1) is 0 Å². The van der Waals surface area contributed by atoms with Crippen LogP contribution in [0, 0.1) is 0 Å². The molecule has 0 spiro atoms. The summed E-state index contributed by atoms with van der Waals surface area (Å²) in [6, 6.07) is 0. The minimum atomic E-state index is -0.288. The van der Waals surface area contributed by atoms with Crippen LogP contribution >= 0.6 is 0 Å². The van der Waals surface area contributed by atoms with E-state index in [4.69, 9.17) is 5.90 Å². The average Bonchev–Trinajstić information content (AvgIpc) is 2.47. The largest absolute Gasteiger partial charge is 0.373 e. The minimum absolute atomic E-state index is 0.288. The van der Waals surface area contributed by atoms with Crippen molar-refractivity contribution in [2.24, 2.45) is 5.90 Å². The summed E-state index contributed by atoms with van der Waals surface area (Å²) in [4.78, 5) is 14.9. The maximum atomic E-state index is 10.8. The van der Waals surface area contributed by atoms with Gasteiger partial charge >= 0.3 is 5.97 Å². The average molecular weight is 285 g/mol. The summed E-state index contributed by atoms with van der Waals surface area (Å²) in [7, 11) is 0. The molecule has 0 unspecified atom stereocenters. The first-order chi connectivity index (χ1) is 9.81. The van der Waals surface area contributed by atoms with Crippen LogP contribution in [0.4, 0.5) is 0 Å². The predicted molar refractivity (Wildman–Crippen MR) is 85.2 cm³/mol. The molecule has 0 saturated heterocycles. The molecule has 0 aliphatic carbocycles. The lowest BCUT2D eigenvalue weighted by molar-refractivity contribution is -0.144. The number of unbranched alkanes of at least 4 members (excludes halogenated alkanes) is 13. The van der Waals surface area contributed by atoms with Crippen molar-refractivity contribution in [1.29, 1.82) is 0 Å². The number of hydrogen-bond acceptors (Lipinski definition) is 3. The Bertz CT molecular complexity index is 207. The number of hydrogen-bond donors (Lipinski definition) is 1. The summed E-state index contributed by atoms with van der Waals surface area (Å²) >= 11 is 0. The molecule has 3 nitrogen and oxygen atoms in total. The van der Waals surface area contributed by atoms with Crippen LogP contribution in [0.25, 0.3) is 0 Å². The zero-order chi connectivity index (χ0) is 14.9. The van der Waals surface area contributed by atoms with Crippen molar-refractivity contribution < 1.29 is 9.63 Å². The Morgan fingerprint density at radius 3 is 1.40 bits per heavy atom. The second-order valence-corrected chi connectivity index (χ2v) is 5.84. The van der Waals surface area contributed by atoms with Gasteiger partial charge < -0.3 is 4.84 Å². The standard InChI is InChI=1S/C17H35NO2/c1-2-3-4-5-6-7-8-9-10-11-12-13-14-15-16-17(19)20-18/h2-16,18H2,1H3. The van der Waals surface area contributed by atoms with Crippen molar-refractivity contribution >= 4 is 5.97 Å². The van der Waals surface area contributed by atoms with Gasteiger partial charge in [0, 0.05) is 6.42 Å². The second-order valence-electron chi connectivity index (χ2n) is 5.84. The minimum Gasteiger partial charge on any atom is -0.373 e. The summed E-state index contributed by atoms with van der Waals surface area (Å²) in [6.07, 6.45) is 19.0. The van der Waals surface area contributed by atoms with E-state index in [2.05, 4.69) is 11.8 Å². The molecule has 0 aromatic heterocycles. The molecule has 120 valence electrons. The zero-order valence-corrected chi connectivity index (χ0v) is 13.5. The molecule has 0 aromatic carbocycles. The Morgan fingerprint density at radius 2 is 1.05 bits per heavy atom.